The number of nitrogens with zero attached hydrogens (tertiary/aromatic N) is 3. The number of amides is 1. The summed E-state index contributed by atoms with van der Waals surface area (Å²) in [7, 11) is 0. The van der Waals surface area contributed by atoms with Crippen molar-refractivity contribution in [2.75, 3.05) is 12.8 Å². The summed E-state index contributed by atoms with van der Waals surface area (Å²) in [4.78, 5) is 21.0. The molecule has 3 aromatic carbocycles. The van der Waals surface area contributed by atoms with Gasteiger partial charge in [-0.1, -0.05) is 42.5 Å². The molecular weight excluding hydrogens is 504 g/mol. The SMILES string of the molecule is CSc1cccc(-c2cc(C(=O)N3CCCC3C)cc(-c3ncc([C@](C)(N)Cc4ccccc4)o3)c2)c1C#N. The first-order valence-electron chi connectivity index (χ1n) is 13.1. The summed E-state index contributed by atoms with van der Waals surface area (Å²) in [6.07, 6.45) is 6.20. The lowest BCUT2D eigenvalue weighted by Gasteiger charge is -2.22. The molecule has 4 aromatic rings. The minimum absolute atomic E-state index is 0.0258. The molecule has 0 spiro atoms. The van der Waals surface area contributed by atoms with Crippen molar-refractivity contribution in [3.8, 4) is 28.7 Å². The Hall–Kier alpha value is -3.86. The van der Waals surface area contributed by atoms with Crippen LogP contribution in [0.15, 0.2) is 82.2 Å². The first kappa shape index (κ1) is 26.7. The molecule has 2 heterocycles. The van der Waals surface area contributed by atoms with Crippen LogP contribution in [0.4, 0.5) is 0 Å². The molecule has 0 aliphatic carbocycles. The highest BCUT2D eigenvalue weighted by Gasteiger charge is 2.29. The van der Waals surface area contributed by atoms with Gasteiger partial charge in [0.05, 0.1) is 17.3 Å². The van der Waals surface area contributed by atoms with E-state index in [4.69, 9.17) is 10.2 Å². The number of hydrogen-bond acceptors (Lipinski definition) is 6. The van der Waals surface area contributed by atoms with Gasteiger partial charge in [-0.3, -0.25) is 4.79 Å². The molecule has 2 N–H and O–H groups in total. The number of hydrogen-bond donors (Lipinski definition) is 1. The standard InChI is InChI=1S/C32H32N4O2S/c1-21-9-8-14-36(21)31(37)25-16-23(26-12-7-13-28(39-3)27(26)19-33)15-24(17-25)30-35-20-29(38-30)32(2,34)18-22-10-5-4-6-11-22/h4-7,10-13,15-17,20-21H,8-9,14,18,34H2,1-3H3/t21?,32-/m1/s1. The maximum Gasteiger partial charge on any atom is 0.254 e. The maximum atomic E-state index is 13.7. The summed E-state index contributed by atoms with van der Waals surface area (Å²) < 4.78 is 6.25. The van der Waals surface area contributed by atoms with Gasteiger partial charge in [0.1, 0.15) is 11.8 Å². The third-order valence-corrected chi connectivity index (χ3v) is 8.17. The Labute approximate surface area is 233 Å². The van der Waals surface area contributed by atoms with Crippen LogP contribution in [-0.4, -0.2) is 34.6 Å². The van der Waals surface area contributed by atoms with E-state index in [1.165, 1.54) is 11.8 Å². The molecule has 0 saturated carbocycles. The Kier molecular flexibility index (Phi) is 7.60. The van der Waals surface area contributed by atoms with E-state index in [-0.39, 0.29) is 11.9 Å². The molecule has 1 fully saturated rings. The number of benzene rings is 3. The number of carbonyl (C=O) groups is 1. The third-order valence-electron chi connectivity index (χ3n) is 7.39. The van der Waals surface area contributed by atoms with E-state index in [1.807, 2.05) is 84.8 Å². The summed E-state index contributed by atoms with van der Waals surface area (Å²) in [5.74, 6) is 0.927. The third kappa shape index (κ3) is 5.49. The van der Waals surface area contributed by atoms with Crippen molar-refractivity contribution < 1.29 is 9.21 Å². The van der Waals surface area contributed by atoms with Crippen molar-refractivity contribution in [1.29, 1.82) is 5.26 Å². The van der Waals surface area contributed by atoms with Crippen LogP contribution < -0.4 is 5.73 Å². The zero-order chi connectivity index (χ0) is 27.6. The molecular formula is C32H32N4O2S. The lowest BCUT2D eigenvalue weighted by atomic mass is 9.92. The fourth-order valence-electron chi connectivity index (χ4n) is 5.27. The van der Waals surface area contributed by atoms with Crippen molar-refractivity contribution in [1.82, 2.24) is 9.88 Å². The normalized spacial score (nSPS) is 16.6. The number of aromatic nitrogens is 1. The number of nitriles is 1. The summed E-state index contributed by atoms with van der Waals surface area (Å²) in [6, 6.07) is 24.0. The van der Waals surface area contributed by atoms with Gasteiger partial charge in [-0.2, -0.15) is 5.26 Å². The zero-order valence-corrected chi connectivity index (χ0v) is 23.3. The Morgan fingerprint density at radius 2 is 1.95 bits per heavy atom. The second-order valence-electron chi connectivity index (χ2n) is 10.4. The molecule has 1 aliphatic rings. The van der Waals surface area contributed by atoms with Crippen molar-refractivity contribution >= 4 is 17.7 Å². The predicted octanol–water partition coefficient (Wildman–Crippen LogP) is 6.64. The molecule has 0 radical (unpaired) electrons. The molecule has 1 unspecified atom stereocenters. The van der Waals surface area contributed by atoms with Gasteiger partial charge < -0.3 is 15.1 Å². The van der Waals surface area contributed by atoms with E-state index >= 15 is 0 Å². The largest absolute Gasteiger partial charge is 0.439 e. The van der Waals surface area contributed by atoms with E-state index in [9.17, 15) is 10.1 Å². The molecule has 39 heavy (non-hydrogen) atoms. The summed E-state index contributed by atoms with van der Waals surface area (Å²) in [6.45, 7) is 4.75. The van der Waals surface area contributed by atoms with Crippen LogP contribution in [0.2, 0.25) is 0 Å². The van der Waals surface area contributed by atoms with Crippen LogP contribution in [0.1, 0.15) is 53.9 Å². The highest BCUT2D eigenvalue weighted by Crippen LogP contribution is 2.35. The number of nitrogens with two attached hydrogens (primary N) is 1. The average molecular weight is 537 g/mol. The van der Waals surface area contributed by atoms with Gasteiger partial charge >= 0.3 is 0 Å². The van der Waals surface area contributed by atoms with Crippen LogP contribution in [-0.2, 0) is 12.0 Å². The van der Waals surface area contributed by atoms with Gasteiger partial charge in [-0.05, 0) is 74.8 Å². The first-order valence-corrected chi connectivity index (χ1v) is 14.4. The van der Waals surface area contributed by atoms with Crippen LogP contribution in [0.5, 0.6) is 0 Å². The second kappa shape index (κ2) is 11.1. The van der Waals surface area contributed by atoms with Crippen LogP contribution >= 0.6 is 11.8 Å². The highest BCUT2D eigenvalue weighted by molar-refractivity contribution is 7.98. The van der Waals surface area contributed by atoms with Crippen molar-refractivity contribution in [2.24, 2.45) is 5.73 Å². The van der Waals surface area contributed by atoms with Crippen molar-refractivity contribution in [3.05, 3.63) is 95.4 Å². The lowest BCUT2D eigenvalue weighted by molar-refractivity contribution is 0.0747. The smallest absolute Gasteiger partial charge is 0.254 e. The maximum absolute atomic E-state index is 13.7. The molecule has 1 aliphatic heterocycles. The molecule has 198 valence electrons. The number of likely N-dealkylation sites (tertiary alicyclic amines) is 1. The molecule has 1 aromatic heterocycles. The number of rotatable bonds is 7. The van der Waals surface area contributed by atoms with Gasteiger partial charge in [0.2, 0.25) is 5.89 Å². The molecule has 7 heteroatoms. The van der Waals surface area contributed by atoms with Gasteiger partial charge in [0.15, 0.2) is 0 Å². The van der Waals surface area contributed by atoms with Gasteiger partial charge in [0.25, 0.3) is 5.91 Å². The Bertz CT molecular complexity index is 1540. The fraction of sp³-hybridized carbons (Fsp3) is 0.281. The number of oxazole rings is 1. The summed E-state index contributed by atoms with van der Waals surface area (Å²) in [5.41, 5.74) is 10.4. The van der Waals surface area contributed by atoms with Gasteiger partial charge in [-0.15, -0.1) is 11.8 Å². The van der Waals surface area contributed by atoms with E-state index in [0.29, 0.717) is 34.8 Å². The van der Waals surface area contributed by atoms with E-state index in [2.05, 4.69) is 18.0 Å². The van der Waals surface area contributed by atoms with Gasteiger partial charge in [0, 0.05) is 34.2 Å². The molecule has 1 saturated heterocycles. The van der Waals surface area contributed by atoms with E-state index in [1.54, 1.807) is 6.20 Å². The molecule has 6 nitrogen and oxygen atoms in total. The summed E-state index contributed by atoms with van der Waals surface area (Å²) >= 11 is 1.52. The van der Waals surface area contributed by atoms with Crippen molar-refractivity contribution in [3.63, 3.8) is 0 Å². The van der Waals surface area contributed by atoms with Gasteiger partial charge in [-0.25, -0.2) is 4.98 Å². The molecule has 5 rings (SSSR count). The molecule has 1 amide bonds. The summed E-state index contributed by atoms with van der Waals surface area (Å²) in [5, 5.41) is 9.99. The number of carbonyl (C=O) groups excluding carboxylic acids is 1. The minimum Gasteiger partial charge on any atom is -0.439 e. The van der Waals surface area contributed by atoms with Crippen LogP contribution in [0.3, 0.4) is 0 Å². The highest BCUT2D eigenvalue weighted by atomic mass is 32.2. The van der Waals surface area contributed by atoms with E-state index in [0.717, 1.165) is 41.0 Å². The quantitative estimate of drug-likeness (QED) is 0.266. The molecule has 2 atom stereocenters. The zero-order valence-electron chi connectivity index (χ0n) is 22.5. The Balaban J connectivity index is 1.59. The van der Waals surface area contributed by atoms with Crippen LogP contribution in [0, 0.1) is 11.3 Å². The Morgan fingerprint density at radius 3 is 2.64 bits per heavy atom. The topological polar surface area (TPSA) is 96.2 Å². The first-order chi connectivity index (χ1) is 18.8. The van der Waals surface area contributed by atoms with Crippen molar-refractivity contribution in [2.45, 2.75) is 49.6 Å². The minimum atomic E-state index is -0.769. The number of thioether (sulfide) groups is 1. The Morgan fingerprint density at radius 1 is 1.18 bits per heavy atom. The molecule has 0 bridgehead atoms. The monoisotopic (exact) mass is 536 g/mol. The fourth-order valence-corrected chi connectivity index (χ4v) is 5.84. The van der Waals surface area contributed by atoms with Crippen LogP contribution in [0.25, 0.3) is 22.6 Å². The second-order valence-corrected chi connectivity index (χ2v) is 11.2. The van der Waals surface area contributed by atoms with E-state index < -0.39 is 5.54 Å². The average Bonchev–Trinajstić information content (AvgIpc) is 3.62. The lowest BCUT2D eigenvalue weighted by Crippen LogP contribution is -2.35. The predicted molar refractivity (Wildman–Crippen MR) is 155 cm³/mol.